The predicted molar refractivity (Wildman–Crippen MR) is 88.1 cm³/mol. The molecule has 0 bridgehead atoms. The van der Waals surface area contributed by atoms with Crippen LogP contribution in [0.5, 0.6) is 0 Å². The van der Waals surface area contributed by atoms with E-state index in [0.29, 0.717) is 6.04 Å². The molecule has 1 aromatic heterocycles. The number of rotatable bonds is 5. The van der Waals surface area contributed by atoms with Crippen molar-refractivity contribution in [3.8, 4) is 0 Å². The fourth-order valence-electron chi connectivity index (χ4n) is 2.30. The molecule has 0 amide bonds. The van der Waals surface area contributed by atoms with Crippen molar-refractivity contribution >= 4 is 27.3 Å². The summed E-state index contributed by atoms with van der Waals surface area (Å²) in [6.45, 7) is 7.50. The maximum atomic E-state index is 3.59. The lowest BCUT2D eigenvalue weighted by atomic mass is 9.98. The number of hydrogen-bond acceptors (Lipinski definition) is 2. The molecule has 0 spiro atoms. The summed E-state index contributed by atoms with van der Waals surface area (Å²) >= 11 is 5.39. The molecule has 0 aliphatic carbocycles. The lowest BCUT2D eigenvalue weighted by Gasteiger charge is -2.19. The number of benzene rings is 1. The van der Waals surface area contributed by atoms with Gasteiger partial charge in [0.1, 0.15) is 0 Å². The van der Waals surface area contributed by atoms with Crippen molar-refractivity contribution < 1.29 is 0 Å². The highest BCUT2D eigenvalue weighted by atomic mass is 79.9. The first kappa shape index (κ1) is 14.8. The summed E-state index contributed by atoms with van der Waals surface area (Å²) in [7, 11) is 0. The lowest BCUT2D eigenvalue weighted by Crippen LogP contribution is -2.22. The van der Waals surface area contributed by atoms with Gasteiger partial charge in [-0.1, -0.05) is 38.1 Å². The molecule has 1 N–H and O–H groups in total. The van der Waals surface area contributed by atoms with Crippen molar-refractivity contribution in [1.82, 2.24) is 5.32 Å². The van der Waals surface area contributed by atoms with Crippen LogP contribution in [0.3, 0.4) is 0 Å². The highest BCUT2D eigenvalue weighted by molar-refractivity contribution is 9.11. The van der Waals surface area contributed by atoms with E-state index < -0.39 is 0 Å². The van der Waals surface area contributed by atoms with Crippen LogP contribution in [0.15, 0.2) is 34.1 Å². The Morgan fingerprint density at radius 3 is 2.37 bits per heavy atom. The molecule has 1 nitrogen and oxygen atoms in total. The van der Waals surface area contributed by atoms with E-state index in [4.69, 9.17) is 0 Å². The maximum absolute atomic E-state index is 3.59. The van der Waals surface area contributed by atoms with Crippen molar-refractivity contribution in [2.75, 3.05) is 6.54 Å². The van der Waals surface area contributed by atoms with E-state index in [1.54, 1.807) is 11.3 Å². The Hall–Kier alpha value is -0.640. The zero-order valence-corrected chi connectivity index (χ0v) is 14.1. The van der Waals surface area contributed by atoms with Crippen molar-refractivity contribution in [3.05, 3.63) is 55.7 Å². The monoisotopic (exact) mass is 337 g/mol. The zero-order chi connectivity index (χ0) is 13.8. The second-order valence-corrected chi connectivity index (χ2v) is 7.28. The average Bonchev–Trinajstić information content (AvgIpc) is 2.75. The Morgan fingerprint density at radius 2 is 1.89 bits per heavy atom. The Kier molecular flexibility index (Phi) is 5.20. The van der Waals surface area contributed by atoms with Gasteiger partial charge in [0.15, 0.2) is 0 Å². The zero-order valence-electron chi connectivity index (χ0n) is 11.7. The average molecular weight is 338 g/mol. The summed E-state index contributed by atoms with van der Waals surface area (Å²) in [4.78, 5) is 1.37. The largest absolute Gasteiger partial charge is 0.306 e. The van der Waals surface area contributed by atoms with Gasteiger partial charge in [0, 0.05) is 4.88 Å². The van der Waals surface area contributed by atoms with Gasteiger partial charge < -0.3 is 5.32 Å². The normalized spacial score (nSPS) is 12.6. The van der Waals surface area contributed by atoms with Crippen LogP contribution in [0.25, 0.3) is 0 Å². The SMILES string of the molecule is CCNC(c1ccc(CC)cc1)c1cc(Br)sc1C. The van der Waals surface area contributed by atoms with E-state index >= 15 is 0 Å². The molecule has 1 unspecified atom stereocenters. The molecule has 1 heterocycles. The first-order valence-electron chi connectivity index (χ1n) is 6.73. The molecular formula is C16H20BrNS. The number of thiophene rings is 1. The third kappa shape index (κ3) is 3.47. The highest BCUT2D eigenvalue weighted by Gasteiger charge is 2.17. The minimum absolute atomic E-state index is 0.290. The summed E-state index contributed by atoms with van der Waals surface area (Å²) in [6, 6.07) is 11.5. The van der Waals surface area contributed by atoms with Crippen LogP contribution in [0.1, 0.15) is 41.5 Å². The Bertz CT molecular complexity index is 530. The minimum atomic E-state index is 0.290. The van der Waals surface area contributed by atoms with E-state index in [-0.39, 0.29) is 0 Å². The van der Waals surface area contributed by atoms with Gasteiger partial charge in [-0.05, 0) is 58.6 Å². The van der Waals surface area contributed by atoms with Crippen LogP contribution in [0, 0.1) is 6.92 Å². The van der Waals surface area contributed by atoms with Crippen LogP contribution in [-0.2, 0) is 6.42 Å². The quantitative estimate of drug-likeness (QED) is 0.802. The molecule has 102 valence electrons. The van der Waals surface area contributed by atoms with E-state index in [9.17, 15) is 0 Å². The molecular weight excluding hydrogens is 318 g/mol. The summed E-state index contributed by atoms with van der Waals surface area (Å²) < 4.78 is 1.20. The van der Waals surface area contributed by atoms with Crippen molar-refractivity contribution in [3.63, 3.8) is 0 Å². The van der Waals surface area contributed by atoms with Gasteiger partial charge in [-0.25, -0.2) is 0 Å². The van der Waals surface area contributed by atoms with Crippen LogP contribution in [-0.4, -0.2) is 6.54 Å². The second-order valence-electron chi connectivity index (χ2n) is 4.65. The molecule has 0 saturated heterocycles. The summed E-state index contributed by atoms with van der Waals surface area (Å²) in [5.74, 6) is 0. The van der Waals surface area contributed by atoms with E-state index in [1.165, 1.54) is 25.4 Å². The van der Waals surface area contributed by atoms with Gasteiger partial charge in [0.05, 0.1) is 9.83 Å². The highest BCUT2D eigenvalue weighted by Crippen LogP contribution is 2.33. The first-order valence-corrected chi connectivity index (χ1v) is 8.34. The second kappa shape index (κ2) is 6.69. The molecule has 0 fully saturated rings. The molecule has 1 atom stereocenters. The molecule has 0 aliphatic rings. The van der Waals surface area contributed by atoms with Gasteiger partial charge in [0.25, 0.3) is 0 Å². The summed E-state index contributed by atoms with van der Waals surface area (Å²) in [5.41, 5.74) is 4.11. The first-order chi connectivity index (χ1) is 9.15. The van der Waals surface area contributed by atoms with E-state index in [0.717, 1.165) is 13.0 Å². The Morgan fingerprint density at radius 1 is 1.21 bits per heavy atom. The minimum Gasteiger partial charge on any atom is -0.306 e. The molecule has 0 aliphatic heterocycles. The lowest BCUT2D eigenvalue weighted by molar-refractivity contribution is 0.629. The third-order valence-corrected chi connectivity index (χ3v) is 4.94. The molecule has 3 heteroatoms. The van der Waals surface area contributed by atoms with Gasteiger partial charge in [-0.15, -0.1) is 11.3 Å². The van der Waals surface area contributed by atoms with Gasteiger partial charge in [-0.2, -0.15) is 0 Å². The van der Waals surface area contributed by atoms with Gasteiger partial charge >= 0.3 is 0 Å². The fraction of sp³-hybridized carbons (Fsp3) is 0.375. The Balaban J connectivity index is 2.36. The van der Waals surface area contributed by atoms with Crippen LogP contribution in [0.2, 0.25) is 0 Å². The number of aryl methyl sites for hydroxylation is 2. The smallest absolute Gasteiger partial charge is 0.0704 e. The maximum Gasteiger partial charge on any atom is 0.0704 e. The predicted octanol–water partition coefficient (Wildman–Crippen LogP) is 5.08. The van der Waals surface area contributed by atoms with Crippen molar-refractivity contribution in [2.45, 2.75) is 33.2 Å². The number of nitrogens with one attached hydrogen (secondary N) is 1. The Labute approximate surface area is 128 Å². The van der Waals surface area contributed by atoms with E-state index in [2.05, 4.69) is 72.3 Å². The number of hydrogen-bond donors (Lipinski definition) is 1. The van der Waals surface area contributed by atoms with Crippen LogP contribution < -0.4 is 5.32 Å². The molecule has 19 heavy (non-hydrogen) atoms. The number of halogens is 1. The topological polar surface area (TPSA) is 12.0 Å². The standard InChI is InChI=1S/C16H20BrNS/c1-4-12-6-8-13(9-7-12)16(18-5-2)14-10-15(17)19-11(14)3/h6-10,16,18H,4-5H2,1-3H3. The molecule has 1 aromatic carbocycles. The van der Waals surface area contributed by atoms with Crippen molar-refractivity contribution in [2.24, 2.45) is 0 Å². The molecule has 2 aromatic rings. The molecule has 0 saturated carbocycles. The fourth-order valence-corrected chi connectivity index (χ4v) is 4.05. The van der Waals surface area contributed by atoms with Crippen molar-refractivity contribution in [1.29, 1.82) is 0 Å². The molecule has 2 rings (SSSR count). The third-order valence-electron chi connectivity index (χ3n) is 3.37. The van der Waals surface area contributed by atoms with Crippen LogP contribution in [0.4, 0.5) is 0 Å². The van der Waals surface area contributed by atoms with Gasteiger partial charge in [0.2, 0.25) is 0 Å². The van der Waals surface area contributed by atoms with E-state index in [1.807, 2.05) is 0 Å². The van der Waals surface area contributed by atoms with Gasteiger partial charge in [-0.3, -0.25) is 0 Å². The summed E-state index contributed by atoms with van der Waals surface area (Å²) in [6.07, 6.45) is 1.09. The molecule has 0 radical (unpaired) electrons. The van der Waals surface area contributed by atoms with Crippen LogP contribution >= 0.6 is 27.3 Å². The summed E-state index contributed by atoms with van der Waals surface area (Å²) in [5, 5.41) is 3.59.